The lowest BCUT2D eigenvalue weighted by molar-refractivity contribution is 0.657. The van der Waals surface area contributed by atoms with Gasteiger partial charge >= 0.3 is 0 Å². The summed E-state index contributed by atoms with van der Waals surface area (Å²) in [5.41, 5.74) is 9.53. The Bertz CT molecular complexity index is 371. The topological polar surface area (TPSA) is 60.3 Å². The first-order valence-electron chi connectivity index (χ1n) is 3.32. The standard InChI is InChI=1S/C6H9N5/c1-8-11-6(7)4-5-2-3-9-10(5)11/h2-4,8H,7H2,1H3. The molecule has 0 bridgehead atoms. The molecule has 0 radical (unpaired) electrons. The molecular formula is C6H9N5. The Hall–Kier alpha value is -1.65. The fraction of sp³-hybridized carbons (Fsp3) is 0.167. The predicted octanol–water partition coefficient (Wildman–Crippen LogP) is -0.109. The Balaban J connectivity index is 2.80. The molecule has 2 aromatic rings. The average molecular weight is 151 g/mol. The van der Waals surface area contributed by atoms with E-state index in [0.717, 1.165) is 5.52 Å². The number of nitrogens with two attached hydrogens (primary N) is 1. The zero-order chi connectivity index (χ0) is 7.84. The molecule has 5 nitrogen and oxygen atoms in total. The molecular weight excluding hydrogens is 142 g/mol. The second kappa shape index (κ2) is 1.91. The Morgan fingerprint density at radius 3 is 3.18 bits per heavy atom. The number of rotatable bonds is 1. The molecule has 0 saturated heterocycles. The number of aromatic nitrogens is 3. The van der Waals surface area contributed by atoms with Crippen LogP contribution in [0.15, 0.2) is 18.3 Å². The summed E-state index contributed by atoms with van der Waals surface area (Å²) in [5.74, 6) is 0.649. The van der Waals surface area contributed by atoms with E-state index in [1.54, 1.807) is 22.7 Å². The average Bonchev–Trinajstić information content (AvgIpc) is 2.46. The summed E-state index contributed by atoms with van der Waals surface area (Å²) in [6.07, 6.45) is 1.72. The normalized spacial score (nSPS) is 10.6. The van der Waals surface area contributed by atoms with Crippen molar-refractivity contribution >= 4 is 11.3 Å². The van der Waals surface area contributed by atoms with Gasteiger partial charge in [0.1, 0.15) is 5.82 Å². The highest BCUT2D eigenvalue weighted by atomic mass is 15.7. The smallest absolute Gasteiger partial charge is 0.145 e. The van der Waals surface area contributed by atoms with Crippen LogP contribution in [0.5, 0.6) is 0 Å². The van der Waals surface area contributed by atoms with Gasteiger partial charge in [-0.05, 0) is 6.07 Å². The van der Waals surface area contributed by atoms with Crippen LogP contribution in [0.3, 0.4) is 0 Å². The quantitative estimate of drug-likeness (QED) is 0.598. The summed E-state index contributed by atoms with van der Waals surface area (Å²) in [7, 11) is 1.79. The van der Waals surface area contributed by atoms with Crippen molar-refractivity contribution in [3.05, 3.63) is 18.3 Å². The van der Waals surface area contributed by atoms with E-state index in [1.807, 2.05) is 12.1 Å². The Morgan fingerprint density at radius 2 is 2.45 bits per heavy atom. The van der Waals surface area contributed by atoms with Crippen LogP contribution in [0, 0.1) is 0 Å². The summed E-state index contributed by atoms with van der Waals surface area (Å²) < 4.78 is 1.69. The van der Waals surface area contributed by atoms with Gasteiger partial charge in [-0.25, -0.2) is 0 Å². The highest BCUT2D eigenvalue weighted by Gasteiger charge is 2.02. The molecule has 0 aliphatic heterocycles. The zero-order valence-corrected chi connectivity index (χ0v) is 6.15. The molecule has 2 heterocycles. The Labute approximate surface area is 63.4 Å². The largest absolute Gasteiger partial charge is 0.382 e. The summed E-state index contributed by atoms with van der Waals surface area (Å²) in [6, 6.07) is 3.74. The fourth-order valence-electron chi connectivity index (χ4n) is 1.12. The summed E-state index contributed by atoms with van der Waals surface area (Å²) >= 11 is 0. The summed E-state index contributed by atoms with van der Waals surface area (Å²) in [5, 5.41) is 4.05. The fourth-order valence-corrected chi connectivity index (χ4v) is 1.12. The van der Waals surface area contributed by atoms with Crippen LogP contribution in [0.4, 0.5) is 5.82 Å². The molecule has 5 heteroatoms. The molecule has 0 saturated carbocycles. The number of anilines is 1. The minimum absolute atomic E-state index is 0.649. The van der Waals surface area contributed by atoms with Gasteiger partial charge in [0.25, 0.3) is 0 Å². The molecule has 58 valence electrons. The number of nitrogens with zero attached hydrogens (tertiary/aromatic N) is 3. The van der Waals surface area contributed by atoms with Crippen LogP contribution in [-0.4, -0.2) is 21.6 Å². The van der Waals surface area contributed by atoms with E-state index in [-0.39, 0.29) is 0 Å². The maximum Gasteiger partial charge on any atom is 0.145 e. The molecule has 0 aliphatic carbocycles. The maximum absolute atomic E-state index is 5.65. The van der Waals surface area contributed by atoms with Crippen LogP contribution >= 0.6 is 0 Å². The molecule has 0 atom stereocenters. The third kappa shape index (κ3) is 0.674. The minimum Gasteiger partial charge on any atom is -0.382 e. The molecule has 0 amide bonds. The zero-order valence-electron chi connectivity index (χ0n) is 6.15. The van der Waals surface area contributed by atoms with Crippen LogP contribution < -0.4 is 11.2 Å². The van der Waals surface area contributed by atoms with E-state index in [4.69, 9.17) is 5.73 Å². The second-order valence-electron chi connectivity index (χ2n) is 2.25. The van der Waals surface area contributed by atoms with E-state index in [9.17, 15) is 0 Å². The van der Waals surface area contributed by atoms with E-state index in [2.05, 4.69) is 10.5 Å². The van der Waals surface area contributed by atoms with E-state index >= 15 is 0 Å². The van der Waals surface area contributed by atoms with E-state index in [1.165, 1.54) is 0 Å². The van der Waals surface area contributed by atoms with Gasteiger partial charge in [0, 0.05) is 13.1 Å². The van der Waals surface area contributed by atoms with Gasteiger partial charge in [0.2, 0.25) is 0 Å². The Morgan fingerprint density at radius 1 is 1.64 bits per heavy atom. The predicted molar refractivity (Wildman–Crippen MR) is 42.9 cm³/mol. The highest BCUT2D eigenvalue weighted by Crippen LogP contribution is 2.08. The lowest BCUT2D eigenvalue weighted by atomic mass is 10.5. The van der Waals surface area contributed by atoms with Crippen LogP contribution in [0.2, 0.25) is 0 Å². The molecule has 0 aliphatic rings. The van der Waals surface area contributed by atoms with Crippen LogP contribution in [-0.2, 0) is 0 Å². The molecule has 0 unspecified atom stereocenters. The third-order valence-electron chi connectivity index (χ3n) is 1.59. The van der Waals surface area contributed by atoms with Crippen molar-refractivity contribution in [3.63, 3.8) is 0 Å². The van der Waals surface area contributed by atoms with Crippen molar-refractivity contribution in [2.75, 3.05) is 18.2 Å². The van der Waals surface area contributed by atoms with E-state index in [0.29, 0.717) is 5.82 Å². The molecule has 0 aromatic carbocycles. The summed E-state index contributed by atoms with van der Waals surface area (Å²) in [4.78, 5) is 1.66. The van der Waals surface area contributed by atoms with Gasteiger partial charge in [-0.3, -0.25) is 0 Å². The molecule has 0 spiro atoms. The van der Waals surface area contributed by atoms with Crippen molar-refractivity contribution < 1.29 is 0 Å². The van der Waals surface area contributed by atoms with Crippen molar-refractivity contribution in [2.45, 2.75) is 0 Å². The van der Waals surface area contributed by atoms with Gasteiger partial charge < -0.3 is 11.2 Å². The number of nitrogens with one attached hydrogen (secondary N) is 1. The van der Waals surface area contributed by atoms with Gasteiger partial charge in [-0.2, -0.15) is 14.5 Å². The first kappa shape index (κ1) is 6.09. The first-order chi connectivity index (χ1) is 5.33. The number of nitrogen functional groups attached to an aromatic ring is 1. The second-order valence-corrected chi connectivity index (χ2v) is 2.25. The van der Waals surface area contributed by atoms with Crippen molar-refractivity contribution in [1.29, 1.82) is 0 Å². The van der Waals surface area contributed by atoms with Crippen molar-refractivity contribution in [1.82, 2.24) is 14.5 Å². The SMILES string of the molecule is CNn1c(N)cc2ccnn21. The Kier molecular flexibility index (Phi) is 1.06. The van der Waals surface area contributed by atoms with E-state index < -0.39 is 0 Å². The maximum atomic E-state index is 5.65. The minimum atomic E-state index is 0.649. The highest BCUT2D eigenvalue weighted by molar-refractivity contribution is 5.53. The van der Waals surface area contributed by atoms with Gasteiger partial charge in [0.15, 0.2) is 0 Å². The number of hydrogen-bond donors (Lipinski definition) is 2. The third-order valence-corrected chi connectivity index (χ3v) is 1.59. The number of fused-ring (bicyclic) bond motifs is 1. The molecule has 11 heavy (non-hydrogen) atoms. The van der Waals surface area contributed by atoms with Gasteiger partial charge in [-0.1, -0.05) is 0 Å². The van der Waals surface area contributed by atoms with Crippen molar-refractivity contribution in [2.24, 2.45) is 0 Å². The summed E-state index contributed by atoms with van der Waals surface area (Å²) in [6.45, 7) is 0. The lowest BCUT2D eigenvalue weighted by Crippen LogP contribution is -2.17. The lowest BCUT2D eigenvalue weighted by Gasteiger charge is -2.03. The molecule has 2 aromatic heterocycles. The van der Waals surface area contributed by atoms with Crippen LogP contribution in [0.25, 0.3) is 5.52 Å². The first-order valence-corrected chi connectivity index (χ1v) is 3.32. The number of hydrogen-bond acceptors (Lipinski definition) is 3. The van der Waals surface area contributed by atoms with Crippen molar-refractivity contribution in [3.8, 4) is 0 Å². The van der Waals surface area contributed by atoms with Crippen LogP contribution in [0.1, 0.15) is 0 Å². The molecule has 3 N–H and O–H groups in total. The molecule has 2 rings (SSSR count). The molecule has 0 fully saturated rings. The van der Waals surface area contributed by atoms with Gasteiger partial charge in [-0.15, -0.1) is 0 Å². The monoisotopic (exact) mass is 151 g/mol. The van der Waals surface area contributed by atoms with Gasteiger partial charge in [0.05, 0.1) is 11.7 Å².